The van der Waals surface area contributed by atoms with Gasteiger partial charge in [-0.2, -0.15) is 0 Å². The number of H-pyrrole nitrogens is 1. The molecule has 3 unspecified atom stereocenters. The van der Waals surface area contributed by atoms with E-state index >= 15 is 0 Å². The summed E-state index contributed by atoms with van der Waals surface area (Å²) in [5.74, 6) is 2.17. The molecule has 2 bridgehead atoms. The van der Waals surface area contributed by atoms with Crippen molar-refractivity contribution >= 4 is 5.57 Å². The molecule has 3 aliphatic rings. The van der Waals surface area contributed by atoms with E-state index in [0.717, 1.165) is 12.3 Å². The van der Waals surface area contributed by atoms with E-state index in [0.29, 0.717) is 11.8 Å². The van der Waals surface area contributed by atoms with Gasteiger partial charge in [0.05, 0.1) is 0 Å². The highest BCUT2D eigenvalue weighted by molar-refractivity contribution is 5.71. The van der Waals surface area contributed by atoms with Crippen LogP contribution in [-0.4, -0.2) is 10.6 Å². The topological polar surface area (TPSA) is 25.0 Å². The van der Waals surface area contributed by atoms with Gasteiger partial charge in [0.1, 0.15) is 5.60 Å². The first-order valence-electron chi connectivity index (χ1n) is 7.02. The lowest BCUT2D eigenvalue weighted by molar-refractivity contribution is -0.0235. The predicted molar refractivity (Wildman–Crippen MR) is 72.4 cm³/mol. The fourth-order valence-corrected chi connectivity index (χ4v) is 4.05. The number of rotatable bonds is 0. The van der Waals surface area contributed by atoms with E-state index in [1.54, 1.807) is 0 Å². The molecule has 1 aliphatic heterocycles. The van der Waals surface area contributed by atoms with Crippen LogP contribution in [0.25, 0.3) is 5.57 Å². The predicted octanol–water partition coefficient (Wildman–Crippen LogP) is 3.93. The first kappa shape index (κ1) is 10.5. The number of nitrogens with one attached hydrogen (secondary N) is 1. The summed E-state index contributed by atoms with van der Waals surface area (Å²) in [6.45, 7) is 2.21. The lowest BCUT2D eigenvalue weighted by Gasteiger charge is -2.50. The second-order valence-electron chi connectivity index (χ2n) is 5.90. The zero-order valence-corrected chi connectivity index (χ0v) is 10.8. The number of aromatic amines is 1. The Bertz CT molecular complexity index is 539. The van der Waals surface area contributed by atoms with Crippen molar-refractivity contribution in [2.75, 3.05) is 0 Å². The minimum absolute atomic E-state index is 0.0745. The van der Waals surface area contributed by atoms with Crippen LogP contribution in [0.1, 0.15) is 38.2 Å². The average molecular weight is 241 g/mol. The molecule has 3 atom stereocenters. The largest absolute Gasteiger partial charge is 0.467 e. The number of aromatic nitrogens is 1. The third kappa shape index (κ3) is 1.23. The van der Waals surface area contributed by atoms with Crippen molar-refractivity contribution < 1.29 is 4.74 Å². The number of allylic oxidation sites excluding steroid dienone is 2. The van der Waals surface area contributed by atoms with E-state index in [9.17, 15) is 0 Å². The summed E-state index contributed by atoms with van der Waals surface area (Å²) in [4.78, 5) is 3.26. The van der Waals surface area contributed by atoms with E-state index in [1.165, 1.54) is 30.4 Å². The first-order valence-corrected chi connectivity index (χ1v) is 7.02. The van der Waals surface area contributed by atoms with Crippen molar-refractivity contribution in [1.82, 2.24) is 4.98 Å². The van der Waals surface area contributed by atoms with Gasteiger partial charge in [0.25, 0.3) is 0 Å². The molecule has 0 saturated heterocycles. The quantitative estimate of drug-likeness (QED) is 0.684. The van der Waals surface area contributed by atoms with Crippen molar-refractivity contribution in [3.8, 4) is 5.88 Å². The van der Waals surface area contributed by atoms with Crippen LogP contribution >= 0.6 is 0 Å². The molecule has 2 heterocycles. The van der Waals surface area contributed by atoms with Gasteiger partial charge in [-0.25, -0.2) is 0 Å². The van der Waals surface area contributed by atoms with Crippen LogP contribution in [0, 0.1) is 11.8 Å². The normalized spacial score (nSPS) is 37.1. The summed E-state index contributed by atoms with van der Waals surface area (Å²) in [6, 6.07) is 2.11. The van der Waals surface area contributed by atoms with Crippen LogP contribution in [0.2, 0.25) is 0 Å². The Morgan fingerprint density at radius 2 is 2.33 bits per heavy atom. The highest BCUT2D eigenvalue weighted by Gasteiger charge is 2.50. The number of fused-ring (bicyclic) bond motifs is 1. The third-order valence-corrected chi connectivity index (χ3v) is 4.93. The van der Waals surface area contributed by atoms with Crippen LogP contribution in [0.15, 0.2) is 30.5 Å². The van der Waals surface area contributed by atoms with E-state index in [4.69, 9.17) is 4.74 Å². The van der Waals surface area contributed by atoms with Crippen molar-refractivity contribution in [3.05, 3.63) is 36.1 Å². The molecule has 0 amide bonds. The summed E-state index contributed by atoms with van der Waals surface area (Å²) < 4.78 is 6.45. The second-order valence-corrected chi connectivity index (χ2v) is 5.90. The van der Waals surface area contributed by atoms with Gasteiger partial charge in [-0.15, -0.1) is 0 Å². The molecule has 0 radical (unpaired) electrons. The second kappa shape index (κ2) is 3.53. The molecular weight excluding hydrogens is 222 g/mol. The van der Waals surface area contributed by atoms with Gasteiger partial charge in [0.15, 0.2) is 5.88 Å². The van der Waals surface area contributed by atoms with Gasteiger partial charge in [0, 0.05) is 23.6 Å². The van der Waals surface area contributed by atoms with E-state index in [1.807, 2.05) is 6.20 Å². The molecule has 1 aromatic rings. The third-order valence-electron chi connectivity index (χ3n) is 4.93. The van der Waals surface area contributed by atoms with Crippen LogP contribution in [-0.2, 0) is 0 Å². The Morgan fingerprint density at radius 1 is 1.39 bits per heavy atom. The highest BCUT2D eigenvalue weighted by Crippen LogP contribution is 2.51. The molecule has 0 aromatic carbocycles. The van der Waals surface area contributed by atoms with Gasteiger partial charge >= 0.3 is 0 Å². The lowest BCUT2D eigenvalue weighted by atomic mass is 9.63. The molecule has 94 valence electrons. The van der Waals surface area contributed by atoms with E-state index in [2.05, 4.69) is 36.2 Å². The molecule has 2 heteroatoms. The molecule has 2 nitrogen and oxygen atoms in total. The molecule has 1 spiro atoms. The molecule has 1 saturated carbocycles. The monoisotopic (exact) mass is 241 g/mol. The Kier molecular flexibility index (Phi) is 2.06. The van der Waals surface area contributed by atoms with Crippen molar-refractivity contribution in [2.24, 2.45) is 11.8 Å². The fourth-order valence-electron chi connectivity index (χ4n) is 4.05. The smallest absolute Gasteiger partial charge is 0.199 e. The minimum Gasteiger partial charge on any atom is -0.467 e. The Labute approximate surface area is 108 Å². The van der Waals surface area contributed by atoms with Gasteiger partial charge in [-0.3, -0.25) is 0 Å². The molecule has 2 aliphatic carbocycles. The maximum Gasteiger partial charge on any atom is 0.199 e. The van der Waals surface area contributed by atoms with E-state index < -0.39 is 0 Å². The summed E-state index contributed by atoms with van der Waals surface area (Å²) in [7, 11) is 0. The molecule has 18 heavy (non-hydrogen) atoms. The number of hydrogen-bond donors (Lipinski definition) is 1. The van der Waals surface area contributed by atoms with Crippen molar-refractivity contribution in [3.63, 3.8) is 0 Å². The molecule has 1 fully saturated rings. The van der Waals surface area contributed by atoms with Crippen LogP contribution in [0.5, 0.6) is 5.88 Å². The highest BCUT2D eigenvalue weighted by atomic mass is 16.5. The van der Waals surface area contributed by atoms with Crippen LogP contribution in [0.3, 0.4) is 0 Å². The van der Waals surface area contributed by atoms with Gasteiger partial charge in [0.2, 0.25) is 0 Å². The van der Waals surface area contributed by atoms with E-state index in [-0.39, 0.29) is 5.60 Å². The SMILES string of the molecule is CC1=CC2(Oc3[nH]ccc31)C1C=CCC2CCC1. The zero-order valence-electron chi connectivity index (χ0n) is 10.8. The van der Waals surface area contributed by atoms with Gasteiger partial charge < -0.3 is 9.72 Å². The standard InChI is InChI=1S/C16H19NO/c1-11-10-16(18-15-14(11)8-9-17-15)12-4-2-5-13(16)7-3-6-12/h2,4,8-10,12-13,17H,3,5-7H2,1H3. The molecule has 4 rings (SSSR count). The molecular formula is C16H19NO. The van der Waals surface area contributed by atoms with Crippen LogP contribution < -0.4 is 4.74 Å². The summed E-state index contributed by atoms with van der Waals surface area (Å²) in [5, 5.41) is 0. The Hall–Kier alpha value is -1.44. The summed E-state index contributed by atoms with van der Waals surface area (Å²) >= 11 is 0. The zero-order chi connectivity index (χ0) is 12.2. The molecule has 1 N–H and O–H groups in total. The molecule has 1 aromatic heterocycles. The number of hydrogen-bond acceptors (Lipinski definition) is 1. The van der Waals surface area contributed by atoms with Crippen molar-refractivity contribution in [1.29, 1.82) is 0 Å². The minimum atomic E-state index is -0.0745. The van der Waals surface area contributed by atoms with Gasteiger partial charge in [-0.1, -0.05) is 18.6 Å². The Morgan fingerprint density at radius 3 is 3.22 bits per heavy atom. The summed E-state index contributed by atoms with van der Waals surface area (Å²) in [5.41, 5.74) is 2.52. The van der Waals surface area contributed by atoms with Gasteiger partial charge in [-0.05, 0) is 43.9 Å². The lowest BCUT2D eigenvalue weighted by Crippen LogP contribution is -2.53. The summed E-state index contributed by atoms with van der Waals surface area (Å²) in [6.07, 6.45) is 14.2. The average Bonchev–Trinajstić information content (AvgIpc) is 2.76. The maximum absolute atomic E-state index is 6.45. The number of ether oxygens (including phenoxy) is 1. The van der Waals surface area contributed by atoms with Crippen molar-refractivity contribution in [2.45, 2.75) is 38.2 Å². The maximum atomic E-state index is 6.45. The fraction of sp³-hybridized carbons (Fsp3) is 0.500. The first-order chi connectivity index (χ1) is 8.79. The van der Waals surface area contributed by atoms with Crippen LogP contribution in [0.4, 0.5) is 0 Å². The Balaban J connectivity index is 1.86.